The third-order valence-corrected chi connectivity index (χ3v) is 2.35. The van der Waals surface area contributed by atoms with E-state index in [2.05, 4.69) is 15.3 Å². The SMILES string of the molecule is Cc1cnn(C)c1C(N)c1cn[nH]c1. The number of hydrogen-bond donors (Lipinski definition) is 2. The lowest BCUT2D eigenvalue weighted by Crippen LogP contribution is -2.16. The summed E-state index contributed by atoms with van der Waals surface area (Å²) >= 11 is 0. The normalized spacial score (nSPS) is 13.1. The topological polar surface area (TPSA) is 72.5 Å². The number of aryl methyl sites for hydroxylation is 2. The van der Waals surface area contributed by atoms with E-state index in [0.29, 0.717) is 0 Å². The van der Waals surface area contributed by atoms with Gasteiger partial charge in [0.25, 0.3) is 0 Å². The van der Waals surface area contributed by atoms with Gasteiger partial charge in [0.2, 0.25) is 0 Å². The Balaban J connectivity index is 2.41. The van der Waals surface area contributed by atoms with Gasteiger partial charge in [-0.3, -0.25) is 9.78 Å². The van der Waals surface area contributed by atoms with Gasteiger partial charge in [-0.1, -0.05) is 0 Å². The van der Waals surface area contributed by atoms with E-state index in [9.17, 15) is 0 Å². The van der Waals surface area contributed by atoms with E-state index in [1.54, 1.807) is 17.1 Å². The summed E-state index contributed by atoms with van der Waals surface area (Å²) in [4.78, 5) is 0. The maximum absolute atomic E-state index is 6.09. The summed E-state index contributed by atoms with van der Waals surface area (Å²) in [5, 5.41) is 10.8. The Morgan fingerprint density at radius 2 is 2.29 bits per heavy atom. The summed E-state index contributed by atoms with van der Waals surface area (Å²) in [7, 11) is 1.89. The monoisotopic (exact) mass is 191 g/mol. The zero-order valence-electron chi connectivity index (χ0n) is 8.23. The van der Waals surface area contributed by atoms with Crippen molar-refractivity contribution in [2.24, 2.45) is 12.8 Å². The van der Waals surface area contributed by atoms with Crippen molar-refractivity contribution in [1.29, 1.82) is 0 Å². The lowest BCUT2D eigenvalue weighted by atomic mass is 10.1. The molecule has 0 aliphatic rings. The molecule has 2 aromatic heterocycles. The van der Waals surface area contributed by atoms with Crippen LogP contribution in [0, 0.1) is 6.92 Å². The van der Waals surface area contributed by atoms with Gasteiger partial charge in [-0.05, 0) is 12.5 Å². The van der Waals surface area contributed by atoms with Gasteiger partial charge in [0, 0.05) is 18.8 Å². The number of aromatic nitrogens is 4. The smallest absolute Gasteiger partial charge is 0.0756 e. The average Bonchev–Trinajstić information content (AvgIpc) is 2.75. The molecule has 1 unspecified atom stereocenters. The van der Waals surface area contributed by atoms with Crippen LogP contribution in [0.25, 0.3) is 0 Å². The van der Waals surface area contributed by atoms with Gasteiger partial charge in [-0.2, -0.15) is 10.2 Å². The van der Waals surface area contributed by atoms with Crippen LogP contribution in [-0.4, -0.2) is 20.0 Å². The number of nitrogens with zero attached hydrogens (tertiary/aromatic N) is 3. The third-order valence-electron chi connectivity index (χ3n) is 2.35. The minimum absolute atomic E-state index is 0.166. The molecule has 2 heterocycles. The maximum atomic E-state index is 6.09. The molecule has 0 aliphatic heterocycles. The first-order valence-electron chi connectivity index (χ1n) is 4.43. The molecule has 0 aliphatic carbocycles. The first-order valence-corrected chi connectivity index (χ1v) is 4.43. The average molecular weight is 191 g/mol. The van der Waals surface area contributed by atoms with Crippen LogP contribution in [-0.2, 0) is 7.05 Å². The molecule has 5 heteroatoms. The van der Waals surface area contributed by atoms with Gasteiger partial charge in [-0.15, -0.1) is 0 Å². The molecule has 2 aromatic rings. The van der Waals surface area contributed by atoms with Gasteiger partial charge in [0.1, 0.15) is 0 Å². The molecule has 0 bridgehead atoms. The fraction of sp³-hybridized carbons (Fsp3) is 0.333. The number of rotatable bonds is 2. The highest BCUT2D eigenvalue weighted by Crippen LogP contribution is 2.20. The minimum atomic E-state index is -0.166. The van der Waals surface area contributed by atoms with Gasteiger partial charge < -0.3 is 5.73 Å². The molecule has 0 saturated heterocycles. The quantitative estimate of drug-likeness (QED) is 0.726. The summed E-state index contributed by atoms with van der Waals surface area (Å²) < 4.78 is 1.80. The molecule has 0 spiro atoms. The van der Waals surface area contributed by atoms with Crippen LogP contribution in [0.1, 0.15) is 22.9 Å². The Morgan fingerprint density at radius 1 is 1.50 bits per heavy atom. The minimum Gasteiger partial charge on any atom is -0.319 e. The zero-order valence-corrected chi connectivity index (χ0v) is 8.23. The van der Waals surface area contributed by atoms with Crippen molar-refractivity contribution >= 4 is 0 Å². The Kier molecular flexibility index (Phi) is 2.09. The van der Waals surface area contributed by atoms with E-state index in [-0.39, 0.29) is 6.04 Å². The molecule has 0 radical (unpaired) electrons. The standard InChI is InChI=1S/C9H13N5/c1-6-3-13-14(2)9(6)8(10)7-4-11-12-5-7/h3-5,8H,10H2,1-2H3,(H,11,12). The van der Waals surface area contributed by atoms with Crippen LogP contribution in [0.2, 0.25) is 0 Å². The van der Waals surface area contributed by atoms with Crippen molar-refractivity contribution in [3.63, 3.8) is 0 Å². The molecular weight excluding hydrogens is 178 g/mol. The highest BCUT2D eigenvalue weighted by atomic mass is 15.3. The van der Waals surface area contributed by atoms with E-state index in [0.717, 1.165) is 16.8 Å². The van der Waals surface area contributed by atoms with E-state index >= 15 is 0 Å². The molecule has 74 valence electrons. The summed E-state index contributed by atoms with van der Waals surface area (Å²) in [6.45, 7) is 2.00. The highest BCUT2D eigenvalue weighted by Gasteiger charge is 2.16. The van der Waals surface area contributed by atoms with Gasteiger partial charge in [0.15, 0.2) is 0 Å². The second-order valence-electron chi connectivity index (χ2n) is 3.35. The second-order valence-corrected chi connectivity index (χ2v) is 3.35. The number of nitrogens with one attached hydrogen (secondary N) is 1. The van der Waals surface area contributed by atoms with Crippen molar-refractivity contribution in [3.05, 3.63) is 35.4 Å². The lowest BCUT2D eigenvalue weighted by molar-refractivity contribution is 0.671. The number of nitrogens with two attached hydrogens (primary N) is 1. The number of aromatic amines is 1. The second kappa shape index (κ2) is 3.26. The number of H-pyrrole nitrogens is 1. The fourth-order valence-electron chi connectivity index (χ4n) is 1.59. The molecule has 0 saturated carbocycles. The lowest BCUT2D eigenvalue weighted by Gasteiger charge is -2.11. The molecular formula is C9H13N5. The Labute approximate surface area is 81.9 Å². The number of hydrogen-bond acceptors (Lipinski definition) is 3. The molecule has 5 nitrogen and oxygen atoms in total. The third kappa shape index (κ3) is 1.31. The molecule has 2 rings (SSSR count). The molecule has 1 atom stereocenters. The summed E-state index contributed by atoms with van der Waals surface area (Å²) in [6.07, 6.45) is 5.35. The summed E-state index contributed by atoms with van der Waals surface area (Å²) in [5.74, 6) is 0. The first-order chi connectivity index (χ1) is 6.70. The van der Waals surface area contributed by atoms with Gasteiger partial charge >= 0.3 is 0 Å². The van der Waals surface area contributed by atoms with Crippen LogP contribution in [0.3, 0.4) is 0 Å². The van der Waals surface area contributed by atoms with Gasteiger partial charge in [-0.25, -0.2) is 0 Å². The van der Waals surface area contributed by atoms with Crippen molar-refractivity contribution in [2.45, 2.75) is 13.0 Å². The zero-order chi connectivity index (χ0) is 10.1. The maximum Gasteiger partial charge on any atom is 0.0756 e. The van der Waals surface area contributed by atoms with Crippen LogP contribution in [0.5, 0.6) is 0 Å². The van der Waals surface area contributed by atoms with Crippen LogP contribution < -0.4 is 5.73 Å². The van der Waals surface area contributed by atoms with Crippen LogP contribution >= 0.6 is 0 Å². The van der Waals surface area contributed by atoms with Crippen LogP contribution in [0.15, 0.2) is 18.6 Å². The fourth-order valence-corrected chi connectivity index (χ4v) is 1.59. The summed E-state index contributed by atoms with van der Waals surface area (Å²) in [5.41, 5.74) is 9.17. The Morgan fingerprint density at radius 3 is 2.79 bits per heavy atom. The first kappa shape index (κ1) is 8.96. The molecule has 14 heavy (non-hydrogen) atoms. The predicted octanol–water partition coefficient (Wildman–Crippen LogP) is 0.500. The van der Waals surface area contributed by atoms with E-state index in [4.69, 9.17) is 5.73 Å². The highest BCUT2D eigenvalue weighted by molar-refractivity contribution is 5.28. The van der Waals surface area contributed by atoms with Crippen molar-refractivity contribution in [3.8, 4) is 0 Å². The Hall–Kier alpha value is -1.62. The molecule has 0 aromatic carbocycles. The molecule has 3 N–H and O–H groups in total. The van der Waals surface area contributed by atoms with Crippen molar-refractivity contribution in [1.82, 2.24) is 20.0 Å². The Bertz CT molecular complexity index is 395. The van der Waals surface area contributed by atoms with Crippen molar-refractivity contribution < 1.29 is 0 Å². The van der Waals surface area contributed by atoms with Crippen LogP contribution in [0.4, 0.5) is 0 Å². The summed E-state index contributed by atoms with van der Waals surface area (Å²) in [6, 6.07) is -0.166. The predicted molar refractivity (Wildman–Crippen MR) is 52.6 cm³/mol. The van der Waals surface area contributed by atoms with Gasteiger partial charge in [0.05, 0.1) is 24.1 Å². The van der Waals surface area contributed by atoms with E-state index in [1.165, 1.54) is 0 Å². The van der Waals surface area contributed by atoms with E-state index in [1.807, 2.05) is 20.2 Å². The van der Waals surface area contributed by atoms with E-state index < -0.39 is 0 Å². The molecule has 0 amide bonds. The molecule has 0 fully saturated rings. The largest absolute Gasteiger partial charge is 0.319 e. The van der Waals surface area contributed by atoms with Crippen molar-refractivity contribution in [2.75, 3.05) is 0 Å².